The van der Waals surface area contributed by atoms with Crippen molar-refractivity contribution in [1.82, 2.24) is 5.32 Å². The van der Waals surface area contributed by atoms with E-state index in [1.54, 1.807) is 4.90 Å². The highest BCUT2D eigenvalue weighted by Gasteiger charge is 2.34. The monoisotopic (exact) mass is 350 g/mol. The minimum absolute atomic E-state index is 0.00628. The van der Waals surface area contributed by atoms with E-state index in [4.69, 9.17) is 0 Å². The standard InChI is InChI=1S/C22H26N2O2/c1-17-8-7-12-20(14-17)24-16-19(15-21(24)25)22(26)23-13-6-5-11-18-9-3-2-4-10-18/h2-4,7-10,12,14,19H,5-6,11,13,15-16H2,1H3,(H,23,26)/t19-/m1/s1. The molecule has 0 saturated carbocycles. The summed E-state index contributed by atoms with van der Waals surface area (Å²) in [5.41, 5.74) is 3.32. The second-order valence-electron chi connectivity index (χ2n) is 6.98. The van der Waals surface area contributed by atoms with Crippen LogP contribution in [0.25, 0.3) is 0 Å². The van der Waals surface area contributed by atoms with Crippen LogP contribution in [0.3, 0.4) is 0 Å². The predicted octanol–water partition coefficient (Wildman–Crippen LogP) is 3.49. The maximum absolute atomic E-state index is 12.4. The minimum Gasteiger partial charge on any atom is -0.356 e. The lowest BCUT2D eigenvalue weighted by Crippen LogP contribution is -2.33. The zero-order valence-electron chi connectivity index (χ0n) is 15.3. The van der Waals surface area contributed by atoms with Crippen LogP contribution < -0.4 is 10.2 Å². The molecule has 4 heteroatoms. The first-order valence-electron chi connectivity index (χ1n) is 9.32. The molecule has 0 spiro atoms. The van der Waals surface area contributed by atoms with E-state index in [1.165, 1.54) is 5.56 Å². The maximum atomic E-state index is 12.4. The molecule has 1 aliphatic heterocycles. The molecule has 3 rings (SSSR count). The molecule has 1 heterocycles. The highest BCUT2D eigenvalue weighted by Crippen LogP contribution is 2.25. The van der Waals surface area contributed by atoms with Crippen molar-refractivity contribution in [2.45, 2.75) is 32.6 Å². The summed E-state index contributed by atoms with van der Waals surface area (Å²) in [7, 11) is 0. The van der Waals surface area contributed by atoms with E-state index < -0.39 is 0 Å². The summed E-state index contributed by atoms with van der Waals surface area (Å²) < 4.78 is 0. The Morgan fingerprint density at radius 3 is 2.69 bits per heavy atom. The Morgan fingerprint density at radius 2 is 1.92 bits per heavy atom. The van der Waals surface area contributed by atoms with Crippen LogP contribution in [0.5, 0.6) is 0 Å². The van der Waals surface area contributed by atoms with Crippen molar-refractivity contribution in [3.63, 3.8) is 0 Å². The second-order valence-corrected chi connectivity index (χ2v) is 6.98. The molecular weight excluding hydrogens is 324 g/mol. The minimum atomic E-state index is -0.253. The van der Waals surface area contributed by atoms with Crippen molar-refractivity contribution >= 4 is 17.5 Å². The third-order valence-electron chi connectivity index (χ3n) is 4.84. The van der Waals surface area contributed by atoms with Gasteiger partial charge in [0, 0.05) is 25.2 Å². The summed E-state index contributed by atoms with van der Waals surface area (Å²) >= 11 is 0. The zero-order chi connectivity index (χ0) is 18.4. The molecule has 0 aliphatic carbocycles. The number of carbonyl (C=O) groups is 2. The molecule has 1 fully saturated rings. The van der Waals surface area contributed by atoms with Crippen LogP contribution in [0.2, 0.25) is 0 Å². The molecule has 1 saturated heterocycles. The van der Waals surface area contributed by atoms with Gasteiger partial charge in [0.1, 0.15) is 0 Å². The van der Waals surface area contributed by atoms with E-state index in [0.29, 0.717) is 19.5 Å². The van der Waals surface area contributed by atoms with Crippen molar-refractivity contribution in [3.8, 4) is 0 Å². The van der Waals surface area contributed by atoms with Gasteiger partial charge in [0.05, 0.1) is 5.92 Å². The molecule has 2 aromatic rings. The number of hydrogen-bond acceptors (Lipinski definition) is 2. The number of hydrogen-bond donors (Lipinski definition) is 1. The van der Waals surface area contributed by atoms with Gasteiger partial charge in [-0.1, -0.05) is 42.5 Å². The van der Waals surface area contributed by atoms with Gasteiger partial charge in [0.15, 0.2) is 0 Å². The number of anilines is 1. The molecule has 2 aromatic carbocycles. The lowest BCUT2D eigenvalue weighted by molar-refractivity contribution is -0.126. The van der Waals surface area contributed by atoms with Crippen molar-refractivity contribution in [2.75, 3.05) is 18.0 Å². The average molecular weight is 350 g/mol. The fourth-order valence-electron chi connectivity index (χ4n) is 3.38. The first-order chi connectivity index (χ1) is 12.6. The van der Waals surface area contributed by atoms with Gasteiger partial charge in [0.25, 0.3) is 0 Å². The molecular formula is C22H26N2O2. The van der Waals surface area contributed by atoms with Crippen molar-refractivity contribution in [1.29, 1.82) is 0 Å². The quantitative estimate of drug-likeness (QED) is 0.777. The smallest absolute Gasteiger partial charge is 0.227 e. The zero-order valence-corrected chi connectivity index (χ0v) is 15.3. The van der Waals surface area contributed by atoms with E-state index in [2.05, 4.69) is 17.4 Å². The average Bonchev–Trinajstić information content (AvgIpc) is 3.04. The van der Waals surface area contributed by atoms with Crippen LogP contribution in [0.1, 0.15) is 30.4 Å². The number of amides is 2. The van der Waals surface area contributed by atoms with Crippen LogP contribution in [-0.4, -0.2) is 24.9 Å². The van der Waals surface area contributed by atoms with Crippen molar-refractivity contribution in [3.05, 3.63) is 65.7 Å². The Hall–Kier alpha value is -2.62. The molecule has 1 aliphatic rings. The molecule has 0 bridgehead atoms. The third-order valence-corrected chi connectivity index (χ3v) is 4.84. The Labute approximate surface area is 155 Å². The molecule has 26 heavy (non-hydrogen) atoms. The van der Waals surface area contributed by atoms with Gasteiger partial charge >= 0.3 is 0 Å². The summed E-state index contributed by atoms with van der Waals surface area (Å²) in [5, 5.41) is 3.00. The summed E-state index contributed by atoms with van der Waals surface area (Å²) in [6.45, 7) is 3.14. The van der Waals surface area contributed by atoms with Crippen LogP contribution >= 0.6 is 0 Å². The largest absolute Gasteiger partial charge is 0.356 e. The van der Waals surface area contributed by atoms with Gasteiger partial charge in [-0.25, -0.2) is 0 Å². The third kappa shape index (κ3) is 4.72. The molecule has 4 nitrogen and oxygen atoms in total. The number of rotatable bonds is 7. The maximum Gasteiger partial charge on any atom is 0.227 e. The van der Waals surface area contributed by atoms with Crippen LogP contribution in [0.4, 0.5) is 5.69 Å². The normalized spacial score (nSPS) is 16.7. The Kier molecular flexibility index (Phi) is 6.05. The SMILES string of the molecule is Cc1cccc(N2C[C@H](C(=O)NCCCCc3ccccc3)CC2=O)c1. The lowest BCUT2D eigenvalue weighted by atomic mass is 10.1. The highest BCUT2D eigenvalue weighted by atomic mass is 16.2. The number of carbonyl (C=O) groups excluding carboxylic acids is 2. The molecule has 0 unspecified atom stereocenters. The fourth-order valence-corrected chi connectivity index (χ4v) is 3.38. The van der Waals surface area contributed by atoms with E-state index in [-0.39, 0.29) is 17.7 Å². The van der Waals surface area contributed by atoms with Gasteiger partial charge in [-0.3, -0.25) is 9.59 Å². The number of nitrogens with zero attached hydrogens (tertiary/aromatic N) is 1. The van der Waals surface area contributed by atoms with Gasteiger partial charge < -0.3 is 10.2 Å². The van der Waals surface area contributed by atoms with E-state index >= 15 is 0 Å². The Bertz CT molecular complexity index is 758. The van der Waals surface area contributed by atoms with Crippen LogP contribution in [0.15, 0.2) is 54.6 Å². The number of aryl methyl sites for hydroxylation is 2. The van der Waals surface area contributed by atoms with E-state index in [9.17, 15) is 9.59 Å². The van der Waals surface area contributed by atoms with Gasteiger partial charge in [-0.15, -0.1) is 0 Å². The Morgan fingerprint density at radius 1 is 1.12 bits per heavy atom. The molecule has 1 atom stereocenters. The van der Waals surface area contributed by atoms with Gasteiger partial charge in [-0.2, -0.15) is 0 Å². The topological polar surface area (TPSA) is 49.4 Å². The summed E-state index contributed by atoms with van der Waals surface area (Å²) in [6.07, 6.45) is 3.32. The highest BCUT2D eigenvalue weighted by molar-refractivity contribution is 6.00. The van der Waals surface area contributed by atoms with Crippen molar-refractivity contribution in [2.24, 2.45) is 5.92 Å². The van der Waals surface area contributed by atoms with Gasteiger partial charge in [0.2, 0.25) is 11.8 Å². The Balaban J connectivity index is 1.42. The van der Waals surface area contributed by atoms with E-state index in [0.717, 1.165) is 30.5 Å². The van der Waals surface area contributed by atoms with Crippen LogP contribution in [0, 0.1) is 12.8 Å². The summed E-state index contributed by atoms with van der Waals surface area (Å²) in [5.74, 6) is -0.231. The first-order valence-corrected chi connectivity index (χ1v) is 9.32. The number of benzene rings is 2. The molecule has 0 radical (unpaired) electrons. The number of unbranched alkanes of at least 4 members (excludes halogenated alkanes) is 1. The molecule has 2 amide bonds. The predicted molar refractivity (Wildman–Crippen MR) is 104 cm³/mol. The van der Waals surface area contributed by atoms with Crippen molar-refractivity contribution < 1.29 is 9.59 Å². The molecule has 0 aromatic heterocycles. The van der Waals surface area contributed by atoms with Crippen LogP contribution in [-0.2, 0) is 16.0 Å². The lowest BCUT2D eigenvalue weighted by Gasteiger charge is -2.17. The summed E-state index contributed by atoms with van der Waals surface area (Å²) in [4.78, 5) is 26.4. The second kappa shape index (κ2) is 8.65. The molecule has 136 valence electrons. The van der Waals surface area contributed by atoms with Gasteiger partial charge in [-0.05, 0) is 49.4 Å². The molecule has 1 N–H and O–H groups in total. The number of nitrogens with one attached hydrogen (secondary N) is 1. The summed E-state index contributed by atoms with van der Waals surface area (Å²) in [6, 6.07) is 18.2. The first kappa shape index (κ1) is 18.2. The van der Waals surface area contributed by atoms with E-state index in [1.807, 2.05) is 49.4 Å². The fraction of sp³-hybridized carbons (Fsp3) is 0.364.